The summed E-state index contributed by atoms with van der Waals surface area (Å²) in [4.78, 5) is 11.3. The molecule has 118 valence electrons. The number of carboxylic acid groups (broad SMARTS) is 1. The van der Waals surface area contributed by atoms with Crippen molar-refractivity contribution in [3.05, 3.63) is 0 Å². The topological polar surface area (TPSA) is 55.8 Å². The molecular formula is C15H30O4Si. The number of rotatable bonds is 8. The maximum absolute atomic E-state index is 11.3. The summed E-state index contributed by atoms with van der Waals surface area (Å²) in [5.74, 6) is -0.648. The van der Waals surface area contributed by atoms with Gasteiger partial charge in [0, 0.05) is 14.7 Å². The van der Waals surface area contributed by atoms with E-state index in [0.717, 1.165) is 38.3 Å². The Balaban J connectivity index is 2.18. The van der Waals surface area contributed by atoms with E-state index in [4.69, 9.17) is 9.47 Å². The molecule has 0 atom stereocenters. The van der Waals surface area contributed by atoms with E-state index in [1.165, 1.54) is 0 Å². The minimum absolute atomic E-state index is 0.168. The molecule has 1 aliphatic rings. The summed E-state index contributed by atoms with van der Waals surface area (Å²) < 4.78 is 11.2. The lowest BCUT2D eigenvalue weighted by Gasteiger charge is -2.35. The zero-order chi connectivity index (χ0) is 15.2. The van der Waals surface area contributed by atoms with Gasteiger partial charge in [0.25, 0.3) is 0 Å². The van der Waals surface area contributed by atoms with Crippen LogP contribution in [0.25, 0.3) is 0 Å². The predicted octanol–water partition coefficient (Wildman–Crippen LogP) is 3.74. The van der Waals surface area contributed by atoms with Crippen LogP contribution >= 0.6 is 0 Å². The molecule has 20 heavy (non-hydrogen) atoms. The van der Waals surface area contributed by atoms with Crippen molar-refractivity contribution in [2.24, 2.45) is 5.41 Å². The summed E-state index contributed by atoms with van der Waals surface area (Å²) in [6, 6.07) is 1.15. The van der Waals surface area contributed by atoms with Crippen molar-refractivity contribution in [1.82, 2.24) is 0 Å². The number of hydrogen-bond donors (Lipinski definition) is 1. The average molecular weight is 302 g/mol. The summed E-state index contributed by atoms with van der Waals surface area (Å²) in [6.45, 7) is 10.1. The molecule has 1 rings (SSSR count). The van der Waals surface area contributed by atoms with Gasteiger partial charge in [-0.25, -0.2) is 0 Å². The third-order valence-electron chi connectivity index (χ3n) is 4.40. The van der Waals surface area contributed by atoms with Crippen molar-refractivity contribution >= 4 is 14.0 Å². The Morgan fingerprint density at radius 2 is 1.90 bits per heavy atom. The second-order valence-electron chi connectivity index (χ2n) is 7.14. The molecule has 0 aromatic heterocycles. The summed E-state index contributed by atoms with van der Waals surface area (Å²) in [5, 5.41) is 9.34. The van der Waals surface area contributed by atoms with Crippen molar-refractivity contribution in [3.63, 3.8) is 0 Å². The molecule has 0 aromatic rings. The van der Waals surface area contributed by atoms with E-state index < -0.39 is 19.5 Å². The maximum atomic E-state index is 11.3. The van der Waals surface area contributed by atoms with E-state index in [-0.39, 0.29) is 6.10 Å². The first-order valence-electron chi connectivity index (χ1n) is 7.72. The fourth-order valence-electron chi connectivity index (χ4n) is 2.61. The van der Waals surface area contributed by atoms with Gasteiger partial charge < -0.3 is 14.6 Å². The van der Waals surface area contributed by atoms with Gasteiger partial charge in [0.2, 0.25) is 0 Å². The highest BCUT2D eigenvalue weighted by molar-refractivity contribution is 6.76. The lowest BCUT2D eigenvalue weighted by Crippen LogP contribution is -2.37. The van der Waals surface area contributed by atoms with Crippen molar-refractivity contribution in [2.45, 2.75) is 70.8 Å². The Morgan fingerprint density at radius 1 is 1.30 bits per heavy atom. The van der Waals surface area contributed by atoms with E-state index in [1.54, 1.807) is 0 Å². The summed E-state index contributed by atoms with van der Waals surface area (Å²) >= 11 is 0. The van der Waals surface area contributed by atoms with Gasteiger partial charge in [-0.15, -0.1) is 0 Å². The van der Waals surface area contributed by atoms with Crippen molar-refractivity contribution in [1.29, 1.82) is 0 Å². The monoisotopic (exact) mass is 302 g/mol. The molecular weight excluding hydrogens is 272 g/mol. The second-order valence-corrected chi connectivity index (χ2v) is 12.8. The SMILES string of the molecule is CC[C@]1(C(=O)O)CC[C@H](OCOCC[Si](C)(C)C)CC1. The third kappa shape index (κ3) is 5.54. The second kappa shape index (κ2) is 7.57. The number of carbonyl (C=O) groups is 1. The highest BCUT2D eigenvalue weighted by Gasteiger charge is 2.40. The van der Waals surface area contributed by atoms with Crippen LogP contribution < -0.4 is 0 Å². The van der Waals surface area contributed by atoms with Gasteiger partial charge in [-0.2, -0.15) is 0 Å². The zero-order valence-corrected chi connectivity index (χ0v) is 14.4. The first-order valence-corrected chi connectivity index (χ1v) is 11.4. The van der Waals surface area contributed by atoms with E-state index in [9.17, 15) is 9.90 Å². The molecule has 1 saturated carbocycles. The van der Waals surface area contributed by atoms with Gasteiger partial charge in [0.15, 0.2) is 0 Å². The van der Waals surface area contributed by atoms with Crippen LogP contribution in [-0.4, -0.2) is 38.7 Å². The van der Waals surface area contributed by atoms with E-state index in [1.807, 2.05) is 6.92 Å². The Hall–Kier alpha value is -0.393. The van der Waals surface area contributed by atoms with Crippen LogP contribution in [0.3, 0.4) is 0 Å². The van der Waals surface area contributed by atoms with Crippen molar-refractivity contribution in [2.75, 3.05) is 13.4 Å². The quantitative estimate of drug-likeness (QED) is 0.421. The first kappa shape index (κ1) is 17.7. The van der Waals surface area contributed by atoms with Crippen LogP contribution in [0.4, 0.5) is 0 Å². The molecule has 1 N–H and O–H groups in total. The van der Waals surface area contributed by atoms with Crippen LogP contribution in [0.2, 0.25) is 25.7 Å². The van der Waals surface area contributed by atoms with Gasteiger partial charge in [-0.1, -0.05) is 26.6 Å². The van der Waals surface area contributed by atoms with Crippen LogP contribution in [0.5, 0.6) is 0 Å². The fourth-order valence-corrected chi connectivity index (χ4v) is 3.37. The molecule has 1 aliphatic carbocycles. The molecule has 4 nitrogen and oxygen atoms in total. The van der Waals surface area contributed by atoms with Gasteiger partial charge in [0.05, 0.1) is 11.5 Å². The molecule has 5 heteroatoms. The number of ether oxygens (including phenoxy) is 2. The van der Waals surface area contributed by atoms with E-state index in [2.05, 4.69) is 19.6 Å². The molecule has 0 spiro atoms. The van der Waals surface area contributed by atoms with Gasteiger partial charge >= 0.3 is 5.97 Å². The van der Waals surface area contributed by atoms with Crippen LogP contribution in [0, 0.1) is 5.41 Å². The summed E-state index contributed by atoms with van der Waals surface area (Å²) in [5.41, 5.74) is -0.515. The molecule has 0 amide bonds. The van der Waals surface area contributed by atoms with Crippen molar-refractivity contribution < 1.29 is 19.4 Å². The Labute approximate surface area is 123 Å². The molecule has 0 radical (unpaired) electrons. The van der Waals surface area contributed by atoms with E-state index in [0.29, 0.717) is 13.2 Å². The van der Waals surface area contributed by atoms with Gasteiger partial charge in [-0.3, -0.25) is 4.79 Å². The minimum atomic E-state index is -1.03. The van der Waals surface area contributed by atoms with Gasteiger partial charge in [0.1, 0.15) is 6.79 Å². The predicted molar refractivity (Wildman–Crippen MR) is 82.7 cm³/mol. The molecule has 0 unspecified atom stereocenters. The number of carboxylic acids is 1. The van der Waals surface area contributed by atoms with Crippen LogP contribution in [-0.2, 0) is 14.3 Å². The Morgan fingerprint density at radius 3 is 2.35 bits per heavy atom. The lowest BCUT2D eigenvalue weighted by atomic mass is 9.71. The summed E-state index contributed by atoms with van der Waals surface area (Å²) in [6.07, 6.45) is 3.98. The van der Waals surface area contributed by atoms with Crippen molar-refractivity contribution in [3.8, 4) is 0 Å². The molecule has 0 aliphatic heterocycles. The maximum Gasteiger partial charge on any atom is 0.309 e. The molecule has 0 aromatic carbocycles. The van der Waals surface area contributed by atoms with Gasteiger partial charge in [-0.05, 0) is 38.1 Å². The first-order chi connectivity index (χ1) is 9.29. The molecule has 0 heterocycles. The minimum Gasteiger partial charge on any atom is -0.481 e. The third-order valence-corrected chi connectivity index (χ3v) is 6.11. The zero-order valence-electron chi connectivity index (χ0n) is 13.4. The molecule has 0 saturated heterocycles. The fraction of sp³-hybridized carbons (Fsp3) is 0.933. The standard InChI is InChI=1S/C15H30O4Si/c1-5-15(14(16)17)8-6-13(7-9-15)19-12-18-10-11-20(2,3)4/h13H,5-12H2,1-4H3,(H,16,17)/t13-,15-. The highest BCUT2D eigenvalue weighted by atomic mass is 28.3. The number of hydrogen-bond acceptors (Lipinski definition) is 3. The molecule has 1 fully saturated rings. The van der Waals surface area contributed by atoms with Crippen LogP contribution in [0.1, 0.15) is 39.0 Å². The lowest BCUT2D eigenvalue weighted by molar-refractivity contribution is -0.155. The van der Waals surface area contributed by atoms with Crippen LogP contribution in [0.15, 0.2) is 0 Å². The Kier molecular flexibility index (Phi) is 6.68. The average Bonchev–Trinajstić information content (AvgIpc) is 2.37. The number of aliphatic carboxylic acids is 1. The highest BCUT2D eigenvalue weighted by Crippen LogP contribution is 2.40. The molecule has 0 bridgehead atoms. The Bertz CT molecular complexity index is 303. The summed E-state index contributed by atoms with van der Waals surface area (Å²) in [7, 11) is -1.03. The van der Waals surface area contributed by atoms with E-state index >= 15 is 0 Å². The smallest absolute Gasteiger partial charge is 0.309 e. The largest absolute Gasteiger partial charge is 0.481 e. The normalized spacial score (nSPS) is 27.5.